The maximum Gasteiger partial charge on any atom is 0.244 e. The van der Waals surface area contributed by atoms with Gasteiger partial charge in [-0.3, -0.25) is 0 Å². The van der Waals surface area contributed by atoms with Gasteiger partial charge in [-0.15, -0.1) is 0 Å². The molecule has 0 N–H and O–H groups in total. The molecule has 4 nitrogen and oxygen atoms in total. The first kappa shape index (κ1) is 19.6. The SMILES string of the molecule is O=S(=O)(c1ccc2ccccc2c1)N1CCn2cccc2C1c1ccc(Cl)cc1Cl. The van der Waals surface area contributed by atoms with Gasteiger partial charge >= 0.3 is 0 Å². The van der Waals surface area contributed by atoms with Gasteiger partial charge in [0.15, 0.2) is 0 Å². The number of nitrogens with zero attached hydrogens (tertiary/aromatic N) is 2. The fourth-order valence-corrected chi connectivity index (χ4v) is 6.24. The van der Waals surface area contributed by atoms with Crippen LogP contribution in [0.4, 0.5) is 0 Å². The van der Waals surface area contributed by atoms with Crippen LogP contribution in [0, 0.1) is 0 Å². The van der Waals surface area contributed by atoms with Crippen molar-refractivity contribution in [1.82, 2.24) is 8.87 Å². The lowest BCUT2D eigenvalue weighted by molar-refractivity contribution is 0.298. The van der Waals surface area contributed by atoms with Gasteiger partial charge in [0.25, 0.3) is 0 Å². The van der Waals surface area contributed by atoms with Gasteiger partial charge < -0.3 is 4.57 Å². The highest BCUT2D eigenvalue weighted by molar-refractivity contribution is 7.89. The lowest BCUT2D eigenvalue weighted by Crippen LogP contribution is -2.42. The molecule has 1 unspecified atom stereocenters. The van der Waals surface area contributed by atoms with Gasteiger partial charge in [0.2, 0.25) is 10.0 Å². The van der Waals surface area contributed by atoms with Crippen molar-refractivity contribution in [2.45, 2.75) is 17.5 Å². The smallest absolute Gasteiger partial charge is 0.244 e. The Morgan fingerprint density at radius 1 is 0.833 bits per heavy atom. The van der Waals surface area contributed by atoms with Gasteiger partial charge in [-0.05, 0) is 52.7 Å². The molecule has 7 heteroatoms. The molecule has 4 aromatic rings. The highest BCUT2D eigenvalue weighted by Gasteiger charge is 2.38. The normalized spacial score (nSPS) is 17.2. The molecule has 0 amide bonds. The largest absolute Gasteiger partial charge is 0.348 e. The van der Waals surface area contributed by atoms with Crippen LogP contribution >= 0.6 is 23.2 Å². The van der Waals surface area contributed by atoms with E-state index in [-0.39, 0.29) is 4.90 Å². The molecule has 0 saturated heterocycles. The summed E-state index contributed by atoms with van der Waals surface area (Å²) < 4.78 is 31.2. The second-order valence-electron chi connectivity index (χ2n) is 7.32. The van der Waals surface area contributed by atoms with Crippen molar-refractivity contribution in [1.29, 1.82) is 0 Å². The van der Waals surface area contributed by atoms with Crippen LogP contribution in [0.1, 0.15) is 17.3 Å². The Morgan fingerprint density at radius 2 is 1.63 bits per heavy atom. The third-order valence-corrected chi connectivity index (χ3v) is 8.00. The molecule has 0 fully saturated rings. The van der Waals surface area contributed by atoms with Crippen molar-refractivity contribution in [3.05, 3.63) is 100 Å². The second-order valence-corrected chi connectivity index (χ2v) is 10.1. The average Bonchev–Trinajstić information content (AvgIpc) is 3.22. The lowest BCUT2D eigenvalue weighted by Gasteiger charge is -2.36. The predicted molar refractivity (Wildman–Crippen MR) is 121 cm³/mol. The Balaban J connectivity index is 1.67. The van der Waals surface area contributed by atoms with Crippen molar-refractivity contribution >= 4 is 44.0 Å². The van der Waals surface area contributed by atoms with E-state index in [1.54, 1.807) is 34.6 Å². The van der Waals surface area contributed by atoms with Crippen LogP contribution in [0.15, 0.2) is 83.9 Å². The fraction of sp³-hybridized carbons (Fsp3) is 0.130. The van der Waals surface area contributed by atoms with Gasteiger partial charge in [-0.25, -0.2) is 8.42 Å². The molecular weight excluding hydrogens is 439 g/mol. The number of hydrogen-bond donors (Lipinski definition) is 0. The molecule has 0 spiro atoms. The van der Waals surface area contributed by atoms with Crippen molar-refractivity contribution in [2.75, 3.05) is 6.54 Å². The zero-order chi connectivity index (χ0) is 20.9. The minimum Gasteiger partial charge on any atom is -0.348 e. The third-order valence-electron chi connectivity index (χ3n) is 5.58. The Hall–Kier alpha value is -2.31. The van der Waals surface area contributed by atoms with E-state index in [1.165, 1.54) is 0 Å². The Morgan fingerprint density at radius 3 is 2.43 bits per heavy atom. The predicted octanol–water partition coefficient (Wildman–Crippen LogP) is 5.74. The standard InChI is InChI=1S/C23H18Cl2N2O2S/c24-18-8-10-20(21(25)15-18)23-22-6-3-11-26(22)12-13-27(23)30(28,29)19-9-7-16-4-1-2-5-17(16)14-19/h1-11,14-15,23H,12-13H2. The van der Waals surface area contributed by atoms with Crippen LogP contribution in [0.5, 0.6) is 0 Å². The van der Waals surface area contributed by atoms with Crippen molar-refractivity contribution < 1.29 is 8.42 Å². The molecular formula is C23H18Cl2N2O2S. The number of benzene rings is 3. The van der Waals surface area contributed by atoms with E-state index < -0.39 is 16.1 Å². The van der Waals surface area contributed by atoms with Crippen LogP contribution in [-0.2, 0) is 16.6 Å². The summed E-state index contributed by atoms with van der Waals surface area (Å²) in [4.78, 5) is 0.274. The number of aromatic nitrogens is 1. The molecule has 30 heavy (non-hydrogen) atoms. The fourth-order valence-electron chi connectivity index (χ4n) is 4.12. The molecule has 0 radical (unpaired) electrons. The van der Waals surface area contributed by atoms with Gasteiger partial charge in [-0.2, -0.15) is 4.31 Å². The molecule has 0 bridgehead atoms. The first-order valence-corrected chi connectivity index (χ1v) is 11.8. The minimum absolute atomic E-state index is 0.274. The molecule has 1 atom stereocenters. The van der Waals surface area contributed by atoms with Crippen LogP contribution < -0.4 is 0 Å². The van der Waals surface area contributed by atoms with E-state index in [9.17, 15) is 8.42 Å². The van der Waals surface area contributed by atoms with E-state index in [2.05, 4.69) is 4.57 Å². The molecule has 2 heterocycles. The molecule has 0 aliphatic carbocycles. The lowest BCUT2D eigenvalue weighted by atomic mass is 10.0. The van der Waals surface area contributed by atoms with Crippen molar-refractivity contribution in [2.24, 2.45) is 0 Å². The summed E-state index contributed by atoms with van der Waals surface area (Å²) in [6.45, 7) is 0.928. The molecule has 1 aliphatic heterocycles. The highest BCUT2D eigenvalue weighted by Crippen LogP contribution is 2.40. The van der Waals surface area contributed by atoms with Crippen molar-refractivity contribution in [3.63, 3.8) is 0 Å². The van der Waals surface area contributed by atoms with E-state index in [0.717, 1.165) is 16.5 Å². The maximum atomic E-state index is 13.8. The first-order chi connectivity index (χ1) is 14.4. The first-order valence-electron chi connectivity index (χ1n) is 9.56. The Labute approximate surface area is 185 Å². The van der Waals surface area contributed by atoms with E-state index in [1.807, 2.05) is 48.7 Å². The maximum absolute atomic E-state index is 13.8. The van der Waals surface area contributed by atoms with Crippen LogP contribution in [-0.4, -0.2) is 23.8 Å². The molecule has 0 saturated carbocycles. The topological polar surface area (TPSA) is 42.3 Å². The van der Waals surface area contributed by atoms with Crippen molar-refractivity contribution in [3.8, 4) is 0 Å². The minimum atomic E-state index is -3.77. The molecule has 5 rings (SSSR count). The Kier molecular flexibility index (Phi) is 4.86. The molecule has 152 valence electrons. The molecule has 3 aromatic carbocycles. The van der Waals surface area contributed by atoms with E-state index in [0.29, 0.717) is 28.7 Å². The second kappa shape index (κ2) is 7.43. The number of fused-ring (bicyclic) bond motifs is 2. The van der Waals surface area contributed by atoms with E-state index >= 15 is 0 Å². The summed E-state index contributed by atoms with van der Waals surface area (Å²) >= 11 is 12.6. The summed E-state index contributed by atoms with van der Waals surface area (Å²) in [5.41, 5.74) is 1.60. The van der Waals surface area contributed by atoms with Crippen LogP contribution in [0.3, 0.4) is 0 Å². The zero-order valence-electron chi connectivity index (χ0n) is 15.9. The zero-order valence-corrected chi connectivity index (χ0v) is 18.2. The quantitative estimate of drug-likeness (QED) is 0.394. The number of hydrogen-bond acceptors (Lipinski definition) is 2. The number of rotatable bonds is 3. The highest BCUT2D eigenvalue weighted by atomic mass is 35.5. The van der Waals surface area contributed by atoms with Gasteiger partial charge in [0.05, 0.1) is 10.9 Å². The molecule has 1 aliphatic rings. The number of halogens is 2. The third kappa shape index (κ3) is 3.22. The summed E-state index contributed by atoms with van der Waals surface area (Å²) in [7, 11) is -3.77. The molecule has 1 aromatic heterocycles. The van der Waals surface area contributed by atoms with Gasteiger partial charge in [-0.1, -0.05) is 59.6 Å². The van der Waals surface area contributed by atoms with E-state index in [4.69, 9.17) is 23.2 Å². The number of sulfonamides is 1. The van der Waals surface area contributed by atoms with Gasteiger partial charge in [0, 0.05) is 35.0 Å². The van der Waals surface area contributed by atoms with Gasteiger partial charge in [0.1, 0.15) is 0 Å². The van der Waals surface area contributed by atoms with Crippen LogP contribution in [0.2, 0.25) is 10.0 Å². The summed E-state index contributed by atoms with van der Waals surface area (Å²) in [5.74, 6) is 0. The summed E-state index contributed by atoms with van der Waals surface area (Å²) in [6.07, 6.45) is 1.96. The van der Waals surface area contributed by atoms with Crippen LogP contribution in [0.25, 0.3) is 10.8 Å². The summed E-state index contributed by atoms with van der Waals surface area (Å²) in [6, 6.07) is 21.5. The average molecular weight is 457 g/mol. The monoisotopic (exact) mass is 456 g/mol. The Bertz CT molecular complexity index is 1360. The summed E-state index contributed by atoms with van der Waals surface area (Å²) in [5, 5.41) is 2.85.